The van der Waals surface area contributed by atoms with Gasteiger partial charge in [0.15, 0.2) is 5.13 Å². The maximum absolute atomic E-state index is 12.1. The Morgan fingerprint density at radius 2 is 2.38 bits per heavy atom. The van der Waals surface area contributed by atoms with E-state index in [2.05, 4.69) is 22.1 Å². The van der Waals surface area contributed by atoms with Crippen molar-refractivity contribution in [2.45, 2.75) is 52.1 Å². The Morgan fingerprint density at radius 3 is 3.14 bits per heavy atom. The van der Waals surface area contributed by atoms with Crippen molar-refractivity contribution < 1.29 is 9.53 Å². The number of ether oxygens (including phenoxy) is 1. The molecule has 0 spiro atoms. The maximum Gasteiger partial charge on any atom is 0.323 e. The summed E-state index contributed by atoms with van der Waals surface area (Å²) in [6.07, 6.45) is 6.16. The summed E-state index contributed by atoms with van der Waals surface area (Å²) in [6, 6.07) is -0.0900. The van der Waals surface area contributed by atoms with Crippen LogP contribution in [0.4, 0.5) is 5.13 Å². The van der Waals surface area contributed by atoms with Gasteiger partial charge in [0.1, 0.15) is 6.04 Å². The largest absolute Gasteiger partial charge is 0.465 e. The highest BCUT2D eigenvalue weighted by molar-refractivity contribution is 7.15. The highest BCUT2D eigenvalue weighted by Crippen LogP contribution is 2.24. The topological polar surface area (TPSA) is 54.5 Å². The zero-order valence-corrected chi connectivity index (χ0v) is 13.7. The molecular formula is C15H25N3O2S. The quantitative estimate of drug-likeness (QED) is 0.785. The van der Waals surface area contributed by atoms with Crippen LogP contribution in [0.3, 0.4) is 0 Å². The molecule has 118 valence electrons. The third kappa shape index (κ3) is 4.68. The van der Waals surface area contributed by atoms with Gasteiger partial charge in [-0.3, -0.25) is 9.69 Å². The number of aromatic nitrogens is 1. The zero-order valence-electron chi connectivity index (χ0n) is 12.9. The molecule has 0 radical (unpaired) electrons. The number of thiazole rings is 1. The number of hydrogen-bond donors (Lipinski definition) is 1. The van der Waals surface area contributed by atoms with Crippen molar-refractivity contribution in [1.29, 1.82) is 0 Å². The van der Waals surface area contributed by atoms with E-state index in [-0.39, 0.29) is 12.0 Å². The van der Waals surface area contributed by atoms with Crippen molar-refractivity contribution >= 4 is 22.4 Å². The van der Waals surface area contributed by atoms with Crippen LogP contribution in [0.15, 0.2) is 6.20 Å². The molecule has 1 atom stereocenters. The van der Waals surface area contributed by atoms with Crippen LogP contribution >= 0.6 is 11.3 Å². The first kappa shape index (κ1) is 16.2. The molecule has 5 nitrogen and oxygen atoms in total. The van der Waals surface area contributed by atoms with Crippen molar-refractivity contribution in [2.24, 2.45) is 0 Å². The van der Waals surface area contributed by atoms with Gasteiger partial charge in [0, 0.05) is 24.2 Å². The number of anilines is 1. The standard InChI is InChI=1S/C15H25N3O2S/c1-3-8-16-15-17-10-12(21-15)11-18-9-6-5-7-13(18)14(19)20-4-2/h10,13H,3-9,11H2,1-2H3,(H,16,17). The number of esters is 1. The number of piperidine rings is 1. The van der Waals surface area contributed by atoms with Crippen LogP contribution in [0.25, 0.3) is 0 Å². The van der Waals surface area contributed by atoms with E-state index in [1.165, 1.54) is 4.88 Å². The number of nitrogens with one attached hydrogen (secondary N) is 1. The maximum atomic E-state index is 12.1. The van der Waals surface area contributed by atoms with Crippen LogP contribution in [0.5, 0.6) is 0 Å². The lowest BCUT2D eigenvalue weighted by Crippen LogP contribution is -2.44. The van der Waals surface area contributed by atoms with Gasteiger partial charge in [-0.1, -0.05) is 13.3 Å². The Hall–Kier alpha value is -1.14. The van der Waals surface area contributed by atoms with Crippen molar-refractivity contribution in [3.8, 4) is 0 Å². The average Bonchev–Trinajstić information content (AvgIpc) is 2.93. The lowest BCUT2D eigenvalue weighted by Gasteiger charge is -2.33. The molecule has 2 heterocycles. The van der Waals surface area contributed by atoms with Gasteiger partial charge in [0.05, 0.1) is 6.61 Å². The zero-order chi connectivity index (χ0) is 15.1. The minimum atomic E-state index is -0.0900. The number of hydrogen-bond acceptors (Lipinski definition) is 6. The van der Waals surface area contributed by atoms with E-state index in [9.17, 15) is 4.79 Å². The molecule has 1 unspecified atom stereocenters. The molecule has 2 rings (SSSR count). The SMILES string of the molecule is CCCNc1ncc(CN2CCCCC2C(=O)OCC)s1. The Bertz CT molecular complexity index is 450. The van der Waals surface area contributed by atoms with Gasteiger partial charge < -0.3 is 10.1 Å². The average molecular weight is 311 g/mol. The lowest BCUT2D eigenvalue weighted by molar-refractivity contribution is -0.151. The number of rotatable bonds is 7. The van der Waals surface area contributed by atoms with E-state index in [4.69, 9.17) is 4.74 Å². The van der Waals surface area contributed by atoms with E-state index in [1.807, 2.05) is 13.1 Å². The Kier molecular flexibility index (Phi) is 6.45. The van der Waals surface area contributed by atoms with Crippen molar-refractivity contribution in [3.63, 3.8) is 0 Å². The second-order valence-electron chi connectivity index (χ2n) is 5.29. The fraction of sp³-hybridized carbons (Fsp3) is 0.733. The first-order valence-electron chi connectivity index (χ1n) is 7.83. The van der Waals surface area contributed by atoms with Crippen LogP contribution < -0.4 is 5.32 Å². The monoisotopic (exact) mass is 311 g/mol. The lowest BCUT2D eigenvalue weighted by atomic mass is 10.0. The molecule has 0 amide bonds. The van der Waals surface area contributed by atoms with Gasteiger partial charge >= 0.3 is 5.97 Å². The molecule has 1 saturated heterocycles. The predicted octanol–water partition coefficient (Wildman–Crippen LogP) is 2.88. The number of likely N-dealkylation sites (tertiary alicyclic amines) is 1. The fourth-order valence-electron chi connectivity index (χ4n) is 2.58. The summed E-state index contributed by atoms with van der Waals surface area (Å²) in [7, 11) is 0. The molecule has 1 aromatic heterocycles. The first-order chi connectivity index (χ1) is 10.2. The predicted molar refractivity (Wildman–Crippen MR) is 85.6 cm³/mol. The van der Waals surface area contributed by atoms with Gasteiger partial charge in [0.2, 0.25) is 0 Å². The third-order valence-electron chi connectivity index (χ3n) is 3.61. The Balaban J connectivity index is 1.95. The number of carbonyl (C=O) groups excluding carboxylic acids is 1. The summed E-state index contributed by atoms with van der Waals surface area (Å²) in [4.78, 5) is 19.9. The van der Waals surface area contributed by atoms with E-state index < -0.39 is 0 Å². The fourth-order valence-corrected chi connectivity index (χ4v) is 3.44. The second-order valence-corrected chi connectivity index (χ2v) is 6.41. The van der Waals surface area contributed by atoms with E-state index in [0.29, 0.717) is 6.61 Å². The van der Waals surface area contributed by atoms with Crippen LogP contribution in [0, 0.1) is 0 Å². The highest BCUT2D eigenvalue weighted by Gasteiger charge is 2.30. The van der Waals surface area contributed by atoms with Crippen molar-refractivity contribution in [3.05, 3.63) is 11.1 Å². The Labute approximate surface area is 130 Å². The second kappa shape index (κ2) is 8.34. The molecule has 1 N–H and O–H groups in total. The molecule has 6 heteroatoms. The minimum Gasteiger partial charge on any atom is -0.465 e. The van der Waals surface area contributed by atoms with E-state index in [0.717, 1.165) is 50.4 Å². The summed E-state index contributed by atoms with van der Waals surface area (Å²) in [5.74, 6) is -0.0777. The molecule has 1 aromatic rings. The smallest absolute Gasteiger partial charge is 0.323 e. The van der Waals surface area contributed by atoms with E-state index >= 15 is 0 Å². The summed E-state index contributed by atoms with van der Waals surface area (Å²) >= 11 is 1.68. The first-order valence-corrected chi connectivity index (χ1v) is 8.65. The molecule has 1 aliphatic heterocycles. The summed E-state index contributed by atoms with van der Waals surface area (Å²) in [5, 5.41) is 4.27. The molecule has 1 fully saturated rings. The summed E-state index contributed by atoms with van der Waals surface area (Å²) in [5.41, 5.74) is 0. The Morgan fingerprint density at radius 1 is 1.52 bits per heavy atom. The van der Waals surface area contributed by atoms with Crippen LogP contribution in [0.1, 0.15) is 44.4 Å². The number of nitrogens with zero attached hydrogens (tertiary/aromatic N) is 2. The normalized spacial score (nSPS) is 19.4. The molecule has 1 aliphatic rings. The molecule has 0 aromatic carbocycles. The van der Waals surface area contributed by atoms with Crippen molar-refractivity contribution in [2.75, 3.05) is 25.0 Å². The molecular weight excluding hydrogens is 286 g/mol. The molecule has 0 bridgehead atoms. The van der Waals surface area contributed by atoms with Crippen molar-refractivity contribution in [1.82, 2.24) is 9.88 Å². The van der Waals surface area contributed by atoms with Gasteiger partial charge in [-0.2, -0.15) is 0 Å². The van der Waals surface area contributed by atoms with Gasteiger partial charge in [0.25, 0.3) is 0 Å². The van der Waals surface area contributed by atoms with E-state index in [1.54, 1.807) is 11.3 Å². The number of carbonyl (C=O) groups is 1. The van der Waals surface area contributed by atoms with Crippen LogP contribution in [0.2, 0.25) is 0 Å². The highest BCUT2D eigenvalue weighted by atomic mass is 32.1. The third-order valence-corrected chi connectivity index (χ3v) is 4.55. The molecule has 0 aliphatic carbocycles. The van der Waals surface area contributed by atoms with Gasteiger partial charge in [-0.25, -0.2) is 4.98 Å². The summed E-state index contributed by atoms with van der Waals surface area (Å²) < 4.78 is 5.20. The molecule has 21 heavy (non-hydrogen) atoms. The van der Waals surface area contributed by atoms with Crippen LogP contribution in [-0.2, 0) is 16.1 Å². The van der Waals surface area contributed by atoms with Gasteiger partial charge in [-0.05, 0) is 32.7 Å². The van der Waals surface area contributed by atoms with Crippen LogP contribution in [-0.4, -0.2) is 41.6 Å². The minimum absolute atomic E-state index is 0.0777. The molecule has 0 saturated carbocycles. The summed E-state index contributed by atoms with van der Waals surface area (Å²) in [6.45, 7) is 7.14. The van der Waals surface area contributed by atoms with Gasteiger partial charge in [-0.15, -0.1) is 11.3 Å².